The summed E-state index contributed by atoms with van der Waals surface area (Å²) in [6.45, 7) is 7.27. The molecule has 158 valence electrons. The van der Waals surface area contributed by atoms with Gasteiger partial charge in [-0.2, -0.15) is 0 Å². The van der Waals surface area contributed by atoms with Crippen LogP contribution in [0.25, 0.3) is 0 Å². The minimum Gasteiger partial charge on any atom is -0.491 e. The lowest BCUT2D eigenvalue weighted by Crippen LogP contribution is -2.38. The van der Waals surface area contributed by atoms with E-state index in [0.29, 0.717) is 24.7 Å². The zero-order valence-electron chi connectivity index (χ0n) is 17.3. The quantitative estimate of drug-likeness (QED) is 0.493. The number of carbonyl (C=O) groups is 1. The Kier molecular flexibility index (Phi) is 11.4. The van der Waals surface area contributed by atoms with Crippen molar-refractivity contribution < 1.29 is 19.0 Å². The molecule has 0 saturated carbocycles. The van der Waals surface area contributed by atoms with Crippen molar-refractivity contribution in [1.82, 2.24) is 4.90 Å². The van der Waals surface area contributed by atoms with Crippen molar-refractivity contribution in [2.75, 3.05) is 51.4 Å². The topological polar surface area (TPSA) is 60.0 Å². The minimum atomic E-state index is -0.444. The average Bonchev–Trinajstić information content (AvgIpc) is 2.72. The highest BCUT2D eigenvalue weighted by Gasteiger charge is 2.12. The number of carbonyl (C=O) groups excluding carboxylic acids is 1. The second-order valence-electron chi connectivity index (χ2n) is 7.18. The average molecular weight is 393 g/mol. The third kappa shape index (κ3) is 9.42. The molecule has 0 spiro atoms. The van der Waals surface area contributed by atoms with Gasteiger partial charge in [-0.3, -0.25) is 10.2 Å². The number of anilines is 1. The molecule has 1 heterocycles. The summed E-state index contributed by atoms with van der Waals surface area (Å²) >= 11 is 0. The number of morpholine rings is 1. The van der Waals surface area contributed by atoms with E-state index in [1.54, 1.807) is 0 Å². The molecule has 0 radical (unpaired) electrons. The van der Waals surface area contributed by atoms with Gasteiger partial charge in [0.15, 0.2) is 0 Å². The summed E-state index contributed by atoms with van der Waals surface area (Å²) in [7, 11) is 0. The summed E-state index contributed by atoms with van der Waals surface area (Å²) in [5.74, 6) is 0.693. The number of nitrogens with zero attached hydrogens (tertiary/aromatic N) is 1. The highest BCUT2D eigenvalue weighted by atomic mass is 16.5. The molecule has 0 aliphatic carbocycles. The Morgan fingerprint density at radius 3 is 2.54 bits per heavy atom. The first-order chi connectivity index (χ1) is 13.8. The molecule has 6 nitrogen and oxygen atoms in total. The monoisotopic (exact) mass is 392 g/mol. The van der Waals surface area contributed by atoms with Crippen LogP contribution in [0.1, 0.15) is 51.9 Å². The van der Waals surface area contributed by atoms with E-state index in [0.717, 1.165) is 39.3 Å². The first-order valence-electron chi connectivity index (χ1n) is 10.8. The number of amides is 1. The fraction of sp³-hybridized carbons (Fsp3) is 0.682. The van der Waals surface area contributed by atoms with Gasteiger partial charge in [0.25, 0.3) is 0 Å². The molecular weight excluding hydrogens is 356 g/mol. The summed E-state index contributed by atoms with van der Waals surface area (Å²) in [6.07, 6.45) is 8.28. The van der Waals surface area contributed by atoms with Crippen LogP contribution in [0.2, 0.25) is 0 Å². The van der Waals surface area contributed by atoms with E-state index in [4.69, 9.17) is 14.2 Å². The number of hydrogen-bond donors (Lipinski definition) is 1. The number of nitrogens with one attached hydrogen (secondary N) is 1. The molecule has 6 heteroatoms. The summed E-state index contributed by atoms with van der Waals surface area (Å²) in [4.78, 5) is 14.3. The SMILES string of the molecule is CCCCCCCCCOc1ccccc1NC(=O)OCCN1CCOCC1. The van der Waals surface area contributed by atoms with E-state index in [1.165, 1.54) is 38.5 Å². The molecule has 1 amide bonds. The van der Waals surface area contributed by atoms with Gasteiger partial charge in [0.2, 0.25) is 0 Å². The standard InChI is InChI=1S/C22H36N2O4/c1-2-3-4-5-6-7-10-16-27-21-12-9-8-11-20(21)23-22(25)28-19-15-24-13-17-26-18-14-24/h8-9,11-12H,2-7,10,13-19H2,1H3,(H,23,25). The van der Waals surface area contributed by atoms with Gasteiger partial charge in [0.05, 0.1) is 25.5 Å². The van der Waals surface area contributed by atoms with Crippen molar-refractivity contribution in [3.05, 3.63) is 24.3 Å². The Balaban J connectivity index is 1.62. The largest absolute Gasteiger partial charge is 0.491 e. The van der Waals surface area contributed by atoms with Crippen LogP contribution in [0, 0.1) is 0 Å². The molecule has 0 unspecified atom stereocenters. The fourth-order valence-corrected chi connectivity index (χ4v) is 3.18. The van der Waals surface area contributed by atoms with Crippen LogP contribution in [-0.2, 0) is 9.47 Å². The van der Waals surface area contributed by atoms with Crippen LogP contribution in [-0.4, -0.2) is 57.1 Å². The van der Waals surface area contributed by atoms with Gasteiger partial charge < -0.3 is 14.2 Å². The lowest BCUT2D eigenvalue weighted by Gasteiger charge is -2.26. The molecule has 1 aromatic carbocycles. The predicted octanol–water partition coefficient (Wildman–Crippen LogP) is 4.70. The third-order valence-corrected chi connectivity index (χ3v) is 4.87. The van der Waals surface area contributed by atoms with Crippen LogP contribution in [0.15, 0.2) is 24.3 Å². The molecular formula is C22H36N2O4. The van der Waals surface area contributed by atoms with Gasteiger partial charge in [0, 0.05) is 19.6 Å². The summed E-state index contributed by atoms with van der Waals surface area (Å²) in [6, 6.07) is 7.51. The molecule has 0 aromatic heterocycles. The Morgan fingerprint density at radius 1 is 1.04 bits per heavy atom. The van der Waals surface area contributed by atoms with E-state index < -0.39 is 6.09 Å². The van der Waals surface area contributed by atoms with E-state index in [1.807, 2.05) is 24.3 Å². The zero-order chi connectivity index (χ0) is 19.9. The van der Waals surface area contributed by atoms with E-state index in [9.17, 15) is 4.79 Å². The second kappa shape index (κ2) is 14.2. The van der Waals surface area contributed by atoms with Crippen molar-refractivity contribution in [2.24, 2.45) is 0 Å². The van der Waals surface area contributed by atoms with Crippen LogP contribution in [0.4, 0.5) is 10.5 Å². The zero-order valence-corrected chi connectivity index (χ0v) is 17.3. The molecule has 0 bridgehead atoms. The number of ether oxygens (including phenoxy) is 3. The maximum Gasteiger partial charge on any atom is 0.411 e. The van der Waals surface area contributed by atoms with Gasteiger partial charge in [-0.15, -0.1) is 0 Å². The van der Waals surface area contributed by atoms with Crippen LogP contribution in [0.3, 0.4) is 0 Å². The number of para-hydroxylation sites is 2. The summed E-state index contributed by atoms with van der Waals surface area (Å²) in [5.41, 5.74) is 0.654. The highest BCUT2D eigenvalue weighted by molar-refractivity contribution is 5.86. The fourth-order valence-electron chi connectivity index (χ4n) is 3.18. The number of hydrogen-bond acceptors (Lipinski definition) is 5. The van der Waals surface area contributed by atoms with E-state index in [2.05, 4.69) is 17.1 Å². The summed E-state index contributed by atoms with van der Waals surface area (Å²) < 4.78 is 16.5. The molecule has 28 heavy (non-hydrogen) atoms. The van der Waals surface area contributed by atoms with E-state index >= 15 is 0 Å². The first kappa shape index (κ1) is 22.5. The number of unbranched alkanes of at least 4 members (excludes halogenated alkanes) is 6. The third-order valence-electron chi connectivity index (χ3n) is 4.87. The Labute approximate surface area is 169 Å². The van der Waals surface area contributed by atoms with Crippen LogP contribution >= 0.6 is 0 Å². The minimum absolute atomic E-state index is 0.368. The molecule has 1 saturated heterocycles. The maximum atomic E-state index is 12.1. The maximum absolute atomic E-state index is 12.1. The van der Waals surface area contributed by atoms with Gasteiger partial charge in [-0.1, -0.05) is 57.6 Å². The lowest BCUT2D eigenvalue weighted by atomic mass is 10.1. The molecule has 2 rings (SSSR count). The van der Waals surface area contributed by atoms with Crippen LogP contribution < -0.4 is 10.1 Å². The lowest BCUT2D eigenvalue weighted by molar-refractivity contribution is 0.0290. The number of benzene rings is 1. The number of rotatable bonds is 13. The molecule has 1 aliphatic heterocycles. The van der Waals surface area contributed by atoms with Crippen LogP contribution in [0.5, 0.6) is 5.75 Å². The predicted molar refractivity (Wildman–Crippen MR) is 112 cm³/mol. The normalized spacial score (nSPS) is 14.6. The smallest absolute Gasteiger partial charge is 0.411 e. The van der Waals surface area contributed by atoms with Crippen molar-refractivity contribution in [1.29, 1.82) is 0 Å². The molecule has 1 N–H and O–H groups in total. The second-order valence-corrected chi connectivity index (χ2v) is 7.18. The molecule has 1 fully saturated rings. The Hall–Kier alpha value is -1.79. The highest BCUT2D eigenvalue weighted by Crippen LogP contribution is 2.24. The van der Waals surface area contributed by atoms with Crippen molar-refractivity contribution >= 4 is 11.8 Å². The van der Waals surface area contributed by atoms with E-state index in [-0.39, 0.29) is 0 Å². The Morgan fingerprint density at radius 2 is 1.75 bits per heavy atom. The van der Waals surface area contributed by atoms with Gasteiger partial charge in [0.1, 0.15) is 12.4 Å². The first-order valence-corrected chi connectivity index (χ1v) is 10.8. The molecule has 0 atom stereocenters. The summed E-state index contributed by atoms with van der Waals surface area (Å²) in [5, 5.41) is 2.79. The molecule has 1 aliphatic rings. The van der Waals surface area contributed by atoms with Crippen molar-refractivity contribution in [3.8, 4) is 5.75 Å². The van der Waals surface area contributed by atoms with Crippen molar-refractivity contribution in [2.45, 2.75) is 51.9 Å². The Bertz CT molecular complexity index is 547. The van der Waals surface area contributed by atoms with Gasteiger partial charge in [-0.05, 0) is 18.6 Å². The van der Waals surface area contributed by atoms with Gasteiger partial charge in [-0.25, -0.2) is 4.79 Å². The van der Waals surface area contributed by atoms with Crippen molar-refractivity contribution in [3.63, 3.8) is 0 Å². The van der Waals surface area contributed by atoms with Gasteiger partial charge >= 0.3 is 6.09 Å². The molecule has 1 aromatic rings.